The number of anilines is 1. The molecule has 0 radical (unpaired) electrons. The van der Waals surface area contributed by atoms with E-state index in [4.69, 9.17) is 10.00 Å². The largest absolute Gasteiger partial charge is 0.496 e. The number of nitriles is 1. The van der Waals surface area contributed by atoms with Gasteiger partial charge in [-0.1, -0.05) is 23.5 Å². The van der Waals surface area contributed by atoms with Gasteiger partial charge in [-0.15, -0.1) is 0 Å². The second-order valence-corrected chi connectivity index (χ2v) is 5.86. The lowest BCUT2D eigenvalue weighted by Gasteiger charge is -2.04. The summed E-state index contributed by atoms with van der Waals surface area (Å²) in [6, 6.07) is 11.1. The lowest BCUT2D eigenvalue weighted by molar-refractivity contribution is 0.101. The molecule has 3 aromatic rings. The third-order valence-electron chi connectivity index (χ3n) is 3.33. The highest BCUT2D eigenvalue weighted by atomic mass is 32.1. The molecule has 8 heteroatoms. The Bertz CT molecular complexity index is 938. The first-order valence-electron chi connectivity index (χ1n) is 6.97. The van der Waals surface area contributed by atoms with Crippen LogP contribution >= 0.6 is 11.3 Å². The fourth-order valence-electron chi connectivity index (χ4n) is 2.21. The van der Waals surface area contributed by atoms with E-state index in [9.17, 15) is 4.79 Å². The molecule has 3 rings (SSSR count). The standard InChI is InChI=1S/C16H13N5O2S/c1-21-13(15(22)19-16-18-9-10(8-17)24-16)7-12(20-21)11-5-3-4-6-14(11)23-2/h3-7,9H,1-2H3,(H,18,19,22). The number of methoxy groups -OCH3 is 1. The molecule has 1 aromatic carbocycles. The molecule has 0 aliphatic heterocycles. The van der Waals surface area contributed by atoms with Crippen LogP contribution < -0.4 is 10.1 Å². The van der Waals surface area contributed by atoms with Gasteiger partial charge in [-0.05, 0) is 18.2 Å². The molecule has 0 saturated heterocycles. The fraction of sp³-hybridized carbons (Fsp3) is 0.125. The summed E-state index contributed by atoms with van der Waals surface area (Å²) in [6.07, 6.45) is 1.42. The van der Waals surface area contributed by atoms with Crippen molar-refractivity contribution < 1.29 is 9.53 Å². The van der Waals surface area contributed by atoms with Gasteiger partial charge in [0.25, 0.3) is 5.91 Å². The number of carbonyl (C=O) groups is 1. The van der Waals surface area contributed by atoms with Crippen molar-refractivity contribution in [2.24, 2.45) is 7.05 Å². The molecule has 0 aliphatic rings. The van der Waals surface area contributed by atoms with Crippen LogP contribution in [0.1, 0.15) is 15.4 Å². The molecule has 1 amide bonds. The number of thiazole rings is 1. The van der Waals surface area contributed by atoms with Gasteiger partial charge in [-0.2, -0.15) is 10.4 Å². The van der Waals surface area contributed by atoms with Crippen LogP contribution in [0.2, 0.25) is 0 Å². The van der Waals surface area contributed by atoms with E-state index in [2.05, 4.69) is 15.4 Å². The van der Waals surface area contributed by atoms with E-state index < -0.39 is 0 Å². The van der Waals surface area contributed by atoms with Crippen LogP contribution in [0.4, 0.5) is 5.13 Å². The smallest absolute Gasteiger partial charge is 0.275 e. The summed E-state index contributed by atoms with van der Waals surface area (Å²) in [5, 5.41) is 16.2. The first-order chi connectivity index (χ1) is 11.6. The van der Waals surface area contributed by atoms with Gasteiger partial charge in [0, 0.05) is 12.6 Å². The average molecular weight is 339 g/mol. The monoisotopic (exact) mass is 339 g/mol. The van der Waals surface area contributed by atoms with Crippen molar-refractivity contribution in [3.63, 3.8) is 0 Å². The van der Waals surface area contributed by atoms with E-state index in [-0.39, 0.29) is 5.91 Å². The Labute approximate surface area is 142 Å². The average Bonchev–Trinajstić information content (AvgIpc) is 3.21. The lowest BCUT2D eigenvalue weighted by atomic mass is 10.1. The molecule has 0 spiro atoms. The summed E-state index contributed by atoms with van der Waals surface area (Å²) in [5.41, 5.74) is 1.82. The number of nitrogens with zero attached hydrogens (tertiary/aromatic N) is 4. The molecular weight excluding hydrogens is 326 g/mol. The maximum absolute atomic E-state index is 12.4. The molecule has 0 unspecified atom stereocenters. The molecule has 0 aliphatic carbocycles. The molecule has 24 heavy (non-hydrogen) atoms. The van der Waals surface area contributed by atoms with Crippen molar-refractivity contribution in [2.75, 3.05) is 12.4 Å². The van der Waals surface area contributed by atoms with Crippen molar-refractivity contribution in [3.05, 3.63) is 47.1 Å². The van der Waals surface area contributed by atoms with E-state index in [0.717, 1.165) is 16.9 Å². The zero-order valence-corrected chi connectivity index (χ0v) is 13.8. The van der Waals surface area contributed by atoms with Gasteiger partial charge in [0.2, 0.25) is 0 Å². The number of ether oxygens (including phenoxy) is 1. The molecule has 1 N–H and O–H groups in total. The van der Waals surface area contributed by atoms with Crippen LogP contribution in [0.15, 0.2) is 36.5 Å². The quantitative estimate of drug-likeness (QED) is 0.789. The highest BCUT2D eigenvalue weighted by molar-refractivity contribution is 7.16. The first kappa shape index (κ1) is 15.7. The van der Waals surface area contributed by atoms with Crippen LogP contribution in [0.5, 0.6) is 5.75 Å². The molecule has 2 aromatic heterocycles. The number of carbonyl (C=O) groups excluding carboxylic acids is 1. The minimum atomic E-state index is -0.343. The molecule has 0 atom stereocenters. The first-order valence-corrected chi connectivity index (χ1v) is 7.78. The highest BCUT2D eigenvalue weighted by Gasteiger charge is 2.17. The van der Waals surface area contributed by atoms with Gasteiger partial charge in [-0.3, -0.25) is 14.8 Å². The molecule has 0 fully saturated rings. The summed E-state index contributed by atoms with van der Waals surface area (Å²) in [5.74, 6) is 0.339. The second-order valence-electron chi connectivity index (χ2n) is 4.83. The summed E-state index contributed by atoms with van der Waals surface area (Å²) in [7, 11) is 3.28. The maximum atomic E-state index is 12.4. The maximum Gasteiger partial charge on any atom is 0.275 e. The number of aromatic nitrogens is 3. The summed E-state index contributed by atoms with van der Waals surface area (Å²) < 4.78 is 6.83. The number of para-hydroxylation sites is 1. The third kappa shape index (κ3) is 2.98. The normalized spacial score (nSPS) is 10.2. The number of hydrogen-bond acceptors (Lipinski definition) is 6. The number of hydrogen-bond donors (Lipinski definition) is 1. The Morgan fingerprint density at radius 1 is 1.42 bits per heavy atom. The van der Waals surface area contributed by atoms with Gasteiger partial charge in [0.1, 0.15) is 22.4 Å². The third-order valence-corrected chi connectivity index (χ3v) is 4.15. The van der Waals surface area contributed by atoms with Crippen molar-refractivity contribution in [2.45, 2.75) is 0 Å². The fourth-order valence-corrected chi connectivity index (χ4v) is 2.82. The van der Waals surface area contributed by atoms with E-state index >= 15 is 0 Å². The van der Waals surface area contributed by atoms with Gasteiger partial charge >= 0.3 is 0 Å². The lowest BCUT2D eigenvalue weighted by Crippen LogP contribution is -2.15. The zero-order valence-electron chi connectivity index (χ0n) is 13.0. The van der Waals surface area contributed by atoms with Crippen LogP contribution in [-0.4, -0.2) is 27.8 Å². The van der Waals surface area contributed by atoms with Gasteiger partial charge in [0.15, 0.2) is 5.13 Å². The summed E-state index contributed by atoms with van der Waals surface area (Å²) in [4.78, 5) is 16.8. The Kier molecular flexibility index (Phi) is 4.26. The number of rotatable bonds is 4. The Balaban J connectivity index is 1.88. The molecule has 0 saturated carbocycles. The molecule has 0 bridgehead atoms. The van der Waals surface area contributed by atoms with Crippen molar-refractivity contribution in [1.29, 1.82) is 5.26 Å². The van der Waals surface area contributed by atoms with Crippen LogP contribution in [0, 0.1) is 11.3 Å². The molecule has 2 heterocycles. The summed E-state index contributed by atoms with van der Waals surface area (Å²) in [6.45, 7) is 0. The Morgan fingerprint density at radius 3 is 2.92 bits per heavy atom. The van der Waals surface area contributed by atoms with Crippen molar-refractivity contribution in [3.8, 4) is 23.1 Å². The van der Waals surface area contributed by atoms with Crippen LogP contribution in [-0.2, 0) is 7.05 Å². The number of nitrogens with one attached hydrogen (secondary N) is 1. The predicted octanol–water partition coefficient (Wildman–Crippen LogP) is 2.68. The Morgan fingerprint density at radius 2 is 2.21 bits per heavy atom. The van der Waals surface area contributed by atoms with E-state index in [0.29, 0.717) is 27.1 Å². The van der Waals surface area contributed by atoms with Gasteiger partial charge < -0.3 is 4.74 Å². The minimum Gasteiger partial charge on any atom is -0.496 e. The number of benzene rings is 1. The minimum absolute atomic E-state index is 0.343. The SMILES string of the molecule is COc1ccccc1-c1cc(C(=O)Nc2ncc(C#N)s2)n(C)n1. The van der Waals surface area contributed by atoms with Gasteiger partial charge in [0.05, 0.1) is 19.0 Å². The number of aryl methyl sites for hydroxylation is 1. The molecule has 120 valence electrons. The van der Waals surface area contributed by atoms with E-state index in [1.54, 1.807) is 20.2 Å². The van der Waals surface area contributed by atoms with Gasteiger partial charge in [-0.25, -0.2) is 4.98 Å². The highest BCUT2D eigenvalue weighted by Crippen LogP contribution is 2.29. The molecular formula is C16H13N5O2S. The summed E-state index contributed by atoms with van der Waals surface area (Å²) >= 11 is 1.12. The van der Waals surface area contributed by atoms with Crippen LogP contribution in [0.25, 0.3) is 11.3 Å². The van der Waals surface area contributed by atoms with Crippen molar-refractivity contribution in [1.82, 2.24) is 14.8 Å². The zero-order chi connectivity index (χ0) is 17.1. The molecule has 7 nitrogen and oxygen atoms in total. The van der Waals surface area contributed by atoms with Crippen LogP contribution in [0.3, 0.4) is 0 Å². The van der Waals surface area contributed by atoms with E-state index in [1.807, 2.05) is 30.3 Å². The van der Waals surface area contributed by atoms with Crippen molar-refractivity contribution >= 4 is 22.4 Å². The topological polar surface area (TPSA) is 92.8 Å². The predicted molar refractivity (Wildman–Crippen MR) is 90.0 cm³/mol. The Hall–Kier alpha value is -3.18. The number of amides is 1. The van der Waals surface area contributed by atoms with E-state index in [1.165, 1.54) is 10.9 Å². The second kappa shape index (κ2) is 6.52.